The van der Waals surface area contributed by atoms with Crippen LogP contribution in [0.3, 0.4) is 0 Å². The van der Waals surface area contributed by atoms with E-state index in [4.69, 9.17) is 9.47 Å². The summed E-state index contributed by atoms with van der Waals surface area (Å²) in [7, 11) is 0. The number of rotatable bonds is 7. The Labute approximate surface area is 197 Å². The molecule has 3 saturated heterocycles. The zero-order valence-corrected chi connectivity index (χ0v) is 21.7. The number of amides is 2. The van der Waals surface area contributed by atoms with Crippen LogP contribution in [0.5, 0.6) is 0 Å². The Bertz CT molecular complexity index is 820. The van der Waals surface area contributed by atoms with E-state index in [1.807, 2.05) is 27.7 Å². The first-order valence-electron chi connectivity index (χ1n) is 12.2. The Morgan fingerprint density at radius 1 is 1.30 bits per heavy atom. The Kier molecular flexibility index (Phi) is 6.46. The van der Waals surface area contributed by atoms with E-state index in [-0.39, 0.29) is 36.4 Å². The summed E-state index contributed by atoms with van der Waals surface area (Å²) in [6.45, 7) is 17.5. The molecule has 3 unspecified atom stereocenters. The van der Waals surface area contributed by atoms with Crippen LogP contribution in [0.1, 0.15) is 75.2 Å². The number of carbonyl (C=O) groups is 3. The molecular weight excluding hydrogens is 424 g/mol. The second-order valence-electron chi connectivity index (χ2n) is 12.3. The highest BCUT2D eigenvalue weighted by atomic mass is 16.6. The van der Waals surface area contributed by atoms with Crippen LogP contribution in [-0.4, -0.2) is 69.8 Å². The minimum atomic E-state index is -1.13. The molecule has 2 bridgehead atoms. The van der Waals surface area contributed by atoms with Crippen molar-refractivity contribution in [1.29, 1.82) is 0 Å². The standard InChI is InChI=1S/C25H42N2O6/c1-10-32-21(31)17-16-20(30)27(15(3)12-28)18(25(16)11-14(2)24(17,9)33-25)19(29)26-23(7,8)13-22(4,5)6/h14-18,28H,10-13H2,1-9H3,(H,26,29)/t14?,15-,16+,17-,18?,24+,25?/m1/s1. The van der Waals surface area contributed by atoms with E-state index in [0.29, 0.717) is 6.42 Å². The third kappa shape index (κ3) is 4.07. The fraction of sp³-hybridized carbons (Fsp3) is 0.880. The number of nitrogens with one attached hydrogen (secondary N) is 1. The lowest BCUT2D eigenvalue weighted by Crippen LogP contribution is -2.61. The van der Waals surface area contributed by atoms with Gasteiger partial charge in [-0.25, -0.2) is 0 Å². The fourth-order valence-corrected chi connectivity index (χ4v) is 6.90. The van der Waals surface area contributed by atoms with Gasteiger partial charge in [-0.3, -0.25) is 14.4 Å². The maximum atomic E-state index is 13.9. The Morgan fingerprint density at radius 2 is 1.91 bits per heavy atom. The van der Waals surface area contributed by atoms with Crippen LogP contribution in [-0.2, 0) is 23.9 Å². The Morgan fingerprint density at radius 3 is 2.42 bits per heavy atom. The molecule has 3 fully saturated rings. The van der Waals surface area contributed by atoms with Gasteiger partial charge in [0.1, 0.15) is 17.6 Å². The molecule has 8 nitrogen and oxygen atoms in total. The second-order valence-corrected chi connectivity index (χ2v) is 12.3. The van der Waals surface area contributed by atoms with Crippen LogP contribution in [0.2, 0.25) is 0 Å². The number of aliphatic hydroxyl groups excluding tert-OH is 1. The zero-order chi connectivity index (χ0) is 25.1. The zero-order valence-electron chi connectivity index (χ0n) is 21.7. The van der Waals surface area contributed by atoms with Crippen molar-refractivity contribution < 1.29 is 29.0 Å². The normalized spacial score (nSPS) is 36.7. The first-order valence-corrected chi connectivity index (χ1v) is 12.2. The average molecular weight is 467 g/mol. The highest BCUT2D eigenvalue weighted by molar-refractivity contribution is 5.99. The van der Waals surface area contributed by atoms with Gasteiger partial charge < -0.3 is 24.8 Å². The molecule has 8 heteroatoms. The van der Waals surface area contributed by atoms with Crippen molar-refractivity contribution in [3.63, 3.8) is 0 Å². The van der Waals surface area contributed by atoms with E-state index in [1.165, 1.54) is 4.90 Å². The van der Waals surface area contributed by atoms with E-state index in [9.17, 15) is 19.5 Å². The minimum Gasteiger partial charge on any atom is -0.466 e. The van der Waals surface area contributed by atoms with Crippen molar-refractivity contribution in [2.24, 2.45) is 23.2 Å². The molecule has 2 N–H and O–H groups in total. The van der Waals surface area contributed by atoms with Gasteiger partial charge in [0.25, 0.3) is 0 Å². The molecule has 0 radical (unpaired) electrons. The van der Waals surface area contributed by atoms with Crippen molar-refractivity contribution in [2.45, 2.75) is 104 Å². The largest absolute Gasteiger partial charge is 0.466 e. The number of ether oxygens (including phenoxy) is 2. The molecule has 188 valence electrons. The summed E-state index contributed by atoms with van der Waals surface area (Å²) < 4.78 is 12.0. The number of hydrogen-bond acceptors (Lipinski definition) is 6. The lowest BCUT2D eigenvalue weighted by Gasteiger charge is -2.39. The monoisotopic (exact) mass is 466 g/mol. The first kappa shape index (κ1) is 25.9. The summed E-state index contributed by atoms with van der Waals surface area (Å²) in [6.07, 6.45) is 1.22. The number of fused-ring (bicyclic) bond motifs is 1. The molecule has 0 aromatic rings. The quantitative estimate of drug-likeness (QED) is 0.558. The minimum absolute atomic E-state index is 0.0134. The van der Waals surface area contributed by atoms with Gasteiger partial charge in [0, 0.05) is 5.54 Å². The molecule has 0 saturated carbocycles. The molecule has 2 amide bonds. The van der Waals surface area contributed by atoms with Gasteiger partial charge >= 0.3 is 5.97 Å². The van der Waals surface area contributed by atoms with E-state index >= 15 is 0 Å². The molecule has 3 rings (SSSR count). The third-order valence-corrected chi connectivity index (χ3v) is 7.71. The second kappa shape index (κ2) is 8.22. The molecule has 1 spiro atoms. The highest BCUT2D eigenvalue weighted by Gasteiger charge is 2.80. The molecule has 3 aliphatic heterocycles. The molecule has 0 aliphatic carbocycles. The maximum absolute atomic E-state index is 13.9. The van der Waals surface area contributed by atoms with Crippen LogP contribution >= 0.6 is 0 Å². The van der Waals surface area contributed by atoms with Crippen LogP contribution in [0.4, 0.5) is 0 Å². The van der Waals surface area contributed by atoms with E-state index in [0.717, 1.165) is 6.42 Å². The summed E-state index contributed by atoms with van der Waals surface area (Å²) in [6, 6.07) is -1.52. The number of nitrogens with zero attached hydrogens (tertiary/aromatic N) is 1. The molecule has 7 atom stereocenters. The maximum Gasteiger partial charge on any atom is 0.312 e. The van der Waals surface area contributed by atoms with Crippen LogP contribution in [0.15, 0.2) is 0 Å². The topological polar surface area (TPSA) is 105 Å². The predicted octanol–water partition coefficient (Wildman–Crippen LogP) is 2.27. The van der Waals surface area contributed by atoms with Gasteiger partial charge in [0.15, 0.2) is 0 Å². The van der Waals surface area contributed by atoms with Gasteiger partial charge in [0.2, 0.25) is 11.8 Å². The highest BCUT2D eigenvalue weighted by Crippen LogP contribution is 2.65. The summed E-state index contributed by atoms with van der Waals surface area (Å²) in [5.41, 5.74) is -2.55. The van der Waals surface area contributed by atoms with E-state index < -0.39 is 46.6 Å². The van der Waals surface area contributed by atoms with Crippen molar-refractivity contribution in [3.05, 3.63) is 0 Å². The lowest BCUT2D eigenvalue weighted by atomic mass is 9.62. The summed E-state index contributed by atoms with van der Waals surface area (Å²) in [4.78, 5) is 42.2. The summed E-state index contributed by atoms with van der Waals surface area (Å²) >= 11 is 0. The Hall–Kier alpha value is -1.67. The van der Waals surface area contributed by atoms with Gasteiger partial charge in [-0.2, -0.15) is 0 Å². The molecule has 3 aliphatic rings. The number of hydrogen-bond donors (Lipinski definition) is 2. The number of likely N-dealkylation sites (tertiary alicyclic amines) is 1. The van der Waals surface area contributed by atoms with Crippen LogP contribution in [0.25, 0.3) is 0 Å². The number of esters is 1. The summed E-state index contributed by atoms with van der Waals surface area (Å²) in [5, 5.41) is 13.1. The third-order valence-electron chi connectivity index (χ3n) is 7.71. The van der Waals surface area contributed by atoms with Crippen molar-refractivity contribution in [3.8, 4) is 0 Å². The lowest BCUT2D eigenvalue weighted by molar-refractivity contribution is -0.162. The van der Waals surface area contributed by atoms with Crippen LogP contribution in [0, 0.1) is 23.2 Å². The molecule has 0 aromatic carbocycles. The van der Waals surface area contributed by atoms with Gasteiger partial charge in [-0.05, 0) is 58.8 Å². The smallest absolute Gasteiger partial charge is 0.312 e. The number of carbonyl (C=O) groups excluding carboxylic acids is 3. The van der Waals surface area contributed by atoms with Crippen molar-refractivity contribution in [2.75, 3.05) is 13.2 Å². The van der Waals surface area contributed by atoms with Gasteiger partial charge in [-0.15, -0.1) is 0 Å². The van der Waals surface area contributed by atoms with Gasteiger partial charge in [-0.1, -0.05) is 27.7 Å². The average Bonchev–Trinajstić information content (AvgIpc) is 3.16. The molecular formula is C25H42N2O6. The van der Waals surface area contributed by atoms with Crippen molar-refractivity contribution >= 4 is 17.8 Å². The fourth-order valence-electron chi connectivity index (χ4n) is 6.90. The SMILES string of the molecule is CCOC(=O)[C@H]1[C@H]2C(=O)N([C@H](C)CO)C(C(=O)NC(C)(C)CC(C)(C)C)C23CC(C)[C@]1(C)O3. The van der Waals surface area contributed by atoms with E-state index in [2.05, 4.69) is 26.1 Å². The van der Waals surface area contributed by atoms with Gasteiger partial charge in [0.05, 0.1) is 30.8 Å². The van der Waals surface area contributed by atoms with Crippen molar-refractivity contribution in [1.82, 2.24) is 10.2 Å². The molecule has 33 heavy (non-hydrogen) atoms. The van der Waals surface area contributed by atoms with E-state index in [1.54, 1.807) is 13.8 Å². The number of aliphatic hydroxyl groups is 1. The molecule has 0 aromatic heterocycles. The molecule has 3 heterocycles. The predicted molar refractivity (Wildman–Crippen MR) is 123 cm³/mol. The van der Waals surface area contributed by atoms with Crippen LogP contribution < -0.4 is 5.32 Å². The Balaban J connectivity index is 2.06. The summed E-state index contributed by atoms with van der Waals surface area (Å²) in [5.74, 6) is -2.73. The first-order chi connectivity index (χ1) is 15.0.